The summed E-state index contributed by atoms with van der Waals surface area (Å²) in [4.78, 5) is 39.3. The SMILES string of the molecule is CCOC(=O)N1CCC(NC(=O)CCc2ccc3oc(=O)[nH]c3c2)CC1. The molecule has 1 aliphatic rings. The van der Waals surface area contributed by atoms with Crippen LogP contribution in [0.2, 0.25) is 0 Å². The first-order valence-corrected chi connectivity index (χ1v) is 8.88. The minimum absolute atomic E-state index is 0.0135. The molecule has 3 rings (SSSR count). The van der Waals surface area contributed by atoms with Gasteiger partial charge in [0.2, 0.25) is 5.91 Å². The van der Waals surface area contributed by atoms with Gasteiger partial charge in [0.1, 0.15) is 0 Å². The number of nitrogens with zero attached hydrogens (tertiary/aromatic N) is 1. The fraction of sp³-hybridized carbons (Fsp3) is 0.500. The van der Waals surface area contributed by atoms with Gasteiger partial charge in [0.25, 0.3) is 0 Å². The van der Waals surface area contributed by atoms with Crippen LogP contribution in [0.15, 0.2) is 27.4 Å². The van der Waals surface area contributed by atoms with Gasteiger partial charge in [-0.3, -0.25) is 9.78 Å². The summed E-state index contributed by atoms with van der Waals surface area (Å²) in [6.45, 7) is 3.34. The third-order valence-corrected chi connectivity index (χ3v) is 4.51. The summed E-state index contributed by atoms with van der Waals surface area (Å²) >= 11 is 0. The third-order valence-electron chi connectivity index (χ3n) is 4.51. The number of aromatic amines is 1. The van der Waals surface area contributed by atoms with Gasteiger partial charge in [0, 0.05) is 25.6 Å². The molecule has 1 saturated heterocycles. The highest BCUT2D eigenvalue weighted by Crippen LogP contribution is 2.15. The van der Waals surface area contributed by atoms with E-state index in [1.807, 2.05) is 12.1 Å². The zero-order valence-electron chi connectivity index (χ0n) is 14.7. The van der Waals surface area contributed by atoms with Gasteiger partial charge >= 0.3 is 11.8 Å². The molecule has 8 nitrogen and oxygen atoms in total. The number of rotatable bonds is 5. The van der Waals surface area contributed by atoms with E-state index in [4.69, 9.17) is 9.15 Å². The molecule has 1 aliphatic heterocycles. The van der Waals surface area contributed by atoms with Crippen LogP contribution in [0, 0.1) is 0 Å². The monoisotopic (exact) mass is 361 g/mol. The number of fused-ring (bicyclic) bond motifs is 1. The lowest BCUT2D eigenvalue weighted by atomic mass is 10.0. The van der Waals surface area contributed by atoms with E-state index < -0.39 is 5.76 Å². The number of aromatic nitrogens is 1. The Labute approximate surface area is 150 Å². The highest BCUT2D eigenvalue weighted by molar-refractivity contribution is 5.77. The molecule has 0 bridgehead atoms. The second-order valence-electron chi connectivity index (χ2n) is 6.37. The lowest BCUT2D eigenvalue weighted by molar-refractivity contribution is -0.122. The highest BCUT2D eigenvalue weighted by atomic mass is 16.6. The molecule has 1 fully saturated rings. The first-order valence-electron chi connectivity index (χ1n) is 8.88. The molecule has 0 unspecified atom stereocenters. The summed E-state index contributed by atoms with van der Waals surface area (Å²) in [5.74, 6) is -0.496. The Morgan fingerprint density at radius 2 is 2.12 bits per heavy atom. The van der Waals surface area contributed by atoms with Crippen LogP contribution in [0.4, 0.5) is 4.79 Å². The number of H-pyrrole nitrogens is 1. The maximum atomic E-state index is 12.2. The van der Waals surface area contributed by atoms with Crippen LogP contribution in [0.5, 0.6) is 0 Å². The predicted octanol–water partition coefficient (Wildman–Crippen LogP) is 1.79. The smallest absolute Gasteiger partial charge is 0.417 e. The lowest BCUT2D eigenvalue weighted by Crippen LogP contribution is -2.46. The van der Waals surface area contributed by atoms with Crippen LogP contribution >= 0.6 is 0 Å². The van der Waals surface area contributed by atoms with E-state index in [2.05, 4.69) is 10.3 Å². The Balaban J connectivity index is 1.44. The topological polar surface area (TPSA) is 105 Å². The Morgan fingerprint density at radius 1 is 1.35 bits per heavy atom. The zero-order valence-corrected chi connectivity index (χ0v) is 14.7. The second kappa shape index (κ2) is 8.07. The number of carbonyl (C=O) groups is 2. The quantitative estimate of drug-likeness (QED) is 0.845. The van der Waals surface area contributed by atoms with Crippen molar-refractivity contribution in [3.63, 3.8) is 0 Å². The van der Waals surface area contributed by atoms with E-state index in [-0.39, 0.29) is 18.0 Å². The van der Waals surface area contributed by atoms with Crippen molar-refractivity contribution in [1.82, 2.24) is 15.2 Å². The van der Waals surface area contributed by atoms with Crippen molar-refractivity contribution in [2.75, 3.05) is 19.7 Å². The van der Waals surface area contributed by atoms with E-state index in [1.54, 1.807) is 17.9 Å². The van der Waals surface area contributed by atoms with Crippen molar-refractivity contribution in [3.8, 4) is 0 Å². The highest BCUT2D eigenvalue weighted by Gasteiger charge is 2.24. The molecule has 1 aromatic carbocycles. The van der Waals surface area contributed by atoms with Crippen LogP contribution in [0.3, 0.4) is 0 Å². The number of nitrogens with one attached hydrogen (secondary N) is 2. The summed E-state index contributed by atoms with van der Waals surface area (Å²) in [5, 5.41) is 3.03. The van der Waals surface area contributed by atoms with E-state index >= 15 is 0 Å². The summed E-state index contributed by atoms with van der Waals surface area (Å²) in [5.41, 5.74) is 2.11. The number of ether oxygens (including phenoxy) is 1. The van der Waals surface area contributed by atoms with Crippen LogP contribution in [0.1, 0.15) is 31.7 Å². The Bertz CT molecular complexity index is 833. The normalized spacial score (nSPS) is 15.2. The molecular weight excluding hydrogens is 338 g/mol. The maximum absolute atomic E-state index is 12.2. The molecular formula is C18H23N3O5. The van der Waals surface area contributed by atoms with Crippen molar-refractivity contribution in [1.29, 1.82) is 0 Å². The Morgan fingerprint density at radius 3 is 2.85 bits per heavy atom. The van der Waals surface area contributed by atoms with Gasteiger partial charge in [-0.1, -0.05) is 6.07 Å². The molecule has 0 atom stereocenters. The van der Waals surface area contributed by atoms with E-state index in [0.717, 1.165) is 18.4 Å². The minimum atomic E-state index is -0.482. The number of piperidine rings is 1. The minimum Gasteiger partial charge on any atom is -0.450 e. The number of likely N-dealkylation sites (tertiary alicyclic amines) is 1. The molecule has 0 saturated carbocycles. The van der Waals surface area contributed by atoms with Crippen molar-refractivity contribution in [2.24, 2.45) is 0 Å². The zero-order chi connectivity index (χ0) is 18.5. The molecule has 0 radical (unpaired) electrons. The molecule has 8 heteroatoms. The Hall–Kier alpha value is -2.77. The van der Waals surface area contributed by atoms with Gasteiger partial charge in [-0.2, -0.15) is 0 Å². The largest absolute Gasteiger partial charge is 0.450 e. The van der Waals surface area contributed by atoms with Crippen LogP contribution in [-0.2, 0) is 16.0 Å². The molecule has 0 spiro atoms. The molecule has 2 aromatic rings. The average molecular weight is 361 g/mol. The molecule has 2 N–H and O–H groups in total. The number of aryl methyl sites for hydroxylation is 1. The van der Waals surface area contributed by atoms with Gasteiger partial charge in [-0.15, -0.1) is 0 Å². The number of hydrogen-bond acceptors (Lipinski definition) is 5. The fourth-order valence-electron chi connectivity index (χ4n) is 3.13. The third kappa shape index (κ3) is 4.44. The van der Waals surface area contributed by atoms with Crippen LogP contribution in [0.25, 0.3) is 11.1 Å². The summed E-state index contributed by atoms with van der Waals surface area (Å²) in [6.07, 6.45) is 2.12. The van der Waals surface area contributed by atoms with E-state index in [0.29, 0.717) is 43.6 Å². The van der Waals surface area contributed by atoms with Crippen LogP contribution in [-0.4, -0.2) is 47.6 Å². The first-order chi connectivity index (χ1) is 12.5. The van der Waals surface area contributed by atoms with Crippen molar-refractivity contribution in [3.05, 3.63) is 34.3 Å². The lowest BCUT2D eigenvalue weighted by Gasteiger charge is -2.31. The first kappa shape index (κ1) is 18.0. The van der Waals surface area contributed by atoms with Gasteiger partial charge in [-0.05, 0) is 43.9 Å². The van der Waals surface area contributed by atoms with Gasteiger partial charge < -0.3 is 19.4 Å². The second-order valence-corrected chi connectivity index (χ2v) is 6.37. The van der Waals surface area contributed by atoms with Gasteiger partial charge in [-0.25, -0.2) is 9.59 Å². The number of amides is 2. The summed E-state index contributed by atoms with van der Waals surface area (Å²) in [7, 11) is 0. The predicted molar refractivity (Wildman–Crippen MR) is 94.9 cm³/mol. The van der Waals surface area contributed by atoms with Crippen molar-refractivity contribution in [2.45, 2.75) is 38.6 Å². The standard InChI is InChI=1S/C18H23N3O5/c1-2-25-18(24)21-9-7-13(8-10-21)19-16(22)6-4-12-3-5-15-14(11-12)20-17(23)26-15/h3,5,11,13H,2,4,6-10H2,1H3,(H,19,22)(H,20,23). The van der Waals surface area contributed by atoms with Gasteiger partial charge in [0.15, 0.2) is 5.58 Å². The molecule has 1 aromatic heterocycles. The number of benzene rings is 1. The summed E-state index contributed by atoms with van der Waals surface area (Å²) < 4.78 is 9.95. The molecule has 2 amide bonds. The number of hydrogen-bond donors (Lipinski definition) is 2. The average Bonchev–Trinajstić information content (AvgIpc) is 3.00. The maximum Gasteiger partial charge on any atom is 0.417 e. The number of carbonyl (C=O) groups excluding carboxylic acids is 2. The summed E-state index contributed by atoms with van der Waals surface area (Å²) in [6, 6.07) is 5.49. The van der Waals surface area contributed by atoms with E-state index in [9.17, 15) is 14.4 Å². The van der Waals surface area contributed by atoms with Crippen LogP contribution < -0.4 is 11.1 Å². The van der Waals surface area contributed by atoms with Gasteiger partial charge in [0.05, 0.1) is 12.1 Å². The molecule has 140 valence electrons. The fourth-order valence-corrected chi connectivity index (χ4v) is 3.13. The Kier molecular flexibility index (Phi) is 5.60. The van der Waals surface area contributed by atoms with Crippen molar-refractivity contribution >= 4 is 23.1 Å². The molecule has 2 heterocycles. The molecule has 0 aliphatic carbocycles. The van der Waals surface area contributed by atoms with E-state index in [1.165, 1.54) is 0 Å². The molecule has 26 heavy (non-hydrogen) atoms. The number of oxazole rings is 1. The van der Waals surface area contributed by atoms with Crippen molar-refractivity contribution < 1.29 is 18.7 Å².